The quantitative estimate of drug-likeness (QED) is 0.660. The van der Waals surface area contributed by atoms with Gasteiger partial charge in [0.2, 0.25) is 0 Å². The van der Waals surface area contributed by atoms with Gasteiger partial charge in [-0.3, -0.25) is 4.79 Å². The Morgan fingerprint density at radius 3 is 2.33 bits per heavy atom. The molecule has 27 heavy (non-hydrogen) atoms. The summed E-state index contributed by atoms with van der Waals surface area (Å²) in [6.07, 6.45) is -1.54. The summed E-state index contributed by atoms with van der Waals surface area (Å²) in [6, 6.07) is 4.09. The van der Waals surface area contributed by atoms with Crippen molar-refractivity contribution in [3.8, 4) is 5.75 Å². The van der Waals surface area contributed by atoms with E-state index < -0.39 is 18.0 Å². The fraction of sp³-hybridized carbons (Fsp3) is 0.500. The first-order valence-electron chi connectivity index (χ1n) is 7.82. The van der Waals surface area contributed by atoms with Gasteiger partial charge in [0.25, 0.3) is 5.91 Å². The third-order valence-corrected chi connectivity index (χ3v) is 4.70. The number of carboxylic acids is 1. The first-order valence-corrected chi connectivity index (χ1v) is 8.20. The average Bonchev–Trinajstić information content (AvgIpc) is 3.01. The summed E-state index contributed by atoms with van der Waals surface area (Å²) in [4.78, 5) is 20.8. The summed E-state index contributed by atoms with van der Waals surface area (Å²) in [5.74, 6) is -3.24. The fourth-order valence-electron chi connectivity index (χ4n) is 3.34. The maximum Gasteiger partial charge on any atom is 0.490 e. The normalized spacial score (nSPS) is 25.7. The van der Waals surface area contributed by atoms with Crippen LogP contribution in [0.2, 0.25) is 5.02 Å². The maximum absolute atomic E-state index is 13.2. The van der Waals surface area contributed by atoms with E-state index in [0.29, 0.717) is 0 Å². The highest BCUT2D eigenvalue weighted by atomic mass is 35.5. The van der Waals surface area contributed by atoms with Crippen molar-refractivity contribution in [2.45, 2.75) is 42.9 Å². The minimum Gasteiger partial charge on any atom is -0.484 e. The Labute approximate surface area is 156 Å². The average molecular weight is 413 g/mol. The Balaban J connectivity index is 0.000000321. The molecule has 6 nitrogen and oxygen atoms in total. The minimum atomic E-state index is -5.08. The van der Waals surface area contributed by atoms with Gasteiger partial charge in [-0.2, -0.15) is 13.2 Å². The number of halogens is 5. The molecule has 2 bridgehead atoms. The number of nitrogens with one attached hydrogen (secondary N) is 1. The molecule has 3 aliphatic rings. The lowest BCUT2D eigenvalue weighted by atomic mass is 9.72. The van der Waals surface area contributed by atoms with Gasteiger partial charge in [0.05, 0.1) is 5.02 Å². The highest BCUT2D eigenvalue weighted by Crippen LogP contribution is 2.53. The van der Waals surface area contributed by atoms with Gasteiger partial charge in [0.15, 0.2) is 6.61 Å². The molecule has 3 fully saturated rings. The molecular weight excluding hydrogens is 396 g/mol. The van der Waals surface area contributed by atoms with Crippen LogP contribution in [0, 0.1) is 5.82 Å². The monoisotopic (exact) mass is 412 g/mol. The largest absolute Gasteiger partial charge is 0.490 e. The summed E-state index contributed by atoms with van der Waals surface area (Å²) in [6.45, 7) is -0.138. The van der Waals surface area contributed by atoms with E-state index in [9.17, 15) is 22.4 Å². The predicted octanol–water partition coefficient (Wildman–Crippen LogP) is 2.63. The molecule has 3 saturated carbocycles. The van der Waals surface area contributed by atoms with Crippen molar-refractivity contribution in [2.24, 2.45) is 5.73 Å². The number of amides is 1. The summed E-state index contributed by atoms with van der Waals surface area (Å²) >= 11 is 5.57. The number of rotatable bonds is 4. The second kappa shape index (κ2) is 7.51. The van der Waals surface area contributed by atoms with Crippen LogP contribution in [0.5, 0.6) is 5.75 Å². The van der Waals surface area contributed by atoms with Gasteiger partial charge in [-0.05, 0) is 37.8 Å². The molecule has 0 spiro atoms. The van der Waals surface area contributed by atoms with Crippen LogP contribution in [0.4, 0.5) is 17.6 Å². The molecule has 0 unspecified atom stereocenters. The van der Waals surface area contributed by atoms with Gasteiger partial charge < -0.3 is 20.9 Å². The van der Waals surface area contributed by atoms with Gasteiger partial charge in [0, 0.05) is 17.1 Å². The zero-order valence-electron chi connectivity index (χ0n) is 13.9. The molecule has 1 aromatic carbocycles. The molecule has 1 aromatic rings. The van der Waals surface area contributed by atoms with E-state index in [4.69, 9.17) is 32.0 Å². The molecule has 4 rings (SSSR count). The van der Waals surface area contributed by atoms with Crippen molar-refractivity contribution in [1.82, 2.24) is 5.32 Å². The maximum atomic E-state index is 13.2. The van der Waals surface area contributed by atoms with E-state index in [1.165, 1.54) is 12.1 Å². The summed E-state index contributed by atoms with van der Waals surface area (Å²) < 4.78 is 50.2. The van der Waals surface area contributed by atoms with Crippen LogP contribution in [0.1, 0.15) is 25.7 Å². The molecule has 0 heterocycles. The molecule has 0 aliphatic heterocycles. The van der Waals surface area contributed by atoms with Gasteiger partial charge in [0.1, 0.15) is 11.6 Å². The van der Waals surface area contributed by atoms with E-state index >= 15 is 0 Å². The summed E-state index contributed by atoms with van der Waals surface area (Å²) in [5, 5.41) is 10.1. The van der Waals surface area contributed by atoms with E-state index in [0.717, 1.165) is 31.7 Å². The Bertz CT molecular complexity index is 736. The number of carboxylic acid groups (broad SMARTS) is 1. The van der Waals surface area contributed by atoms with Crippen LogP contribution in [0.15, 0.2) is 18.2 Å². The second-order valence-electron chi connectivity index (χ2n) is 6.71. The van der Waals surface area contributed by atoms with E-state index in [-0.39, 0.29) is 34.4 Å². The molecule has 11 heteroatoms. The van der Waals surface area contributed by atoms with Crippen LogP contribution in [-0.2, 0) is 9.59 Å². The molecular formula is C16H17ClF4N2O4. The second-order valence-corrected chi connectivity index (χ2v) is 7.12. The standard InChI is InChI=1S/C14H16ClFN2O2.C2HF3O2/c15-10-2-1-9(5-11(10)16)20-6-12(19)18-14-4-3-13(17,7-14)8-14;3-2(4,5)1(6)7/h1-2,5H,3-4,6-8,17H2,(H,18,19);(H,6,7). The van der Waals surface area contributed by atoms with Gasteiger partial charge in [-0.1, -0.05) is 11.6 Å². The Hall–Kier alpha value is -2.07. The molecule has 150 valence electrons. The number of benzene rings is 1. The SMILES string of the molecule is NC12CCC(NC(=O)COc3ccc(Cl)c(F)c3)(C1)C2.O=C(O)C(F)(F)F. The van der Waals surface area contributed by atoms with Crippen LogP contribution >= 0.6 is 11.6 Å². The zero-order chi connectivity index (χ0) is 20.5. The molecule has 0 aromatic heterocycles. The minimum absolute atomic E-state index is 0.0281. The number of fused-ring (bicyclic) bond motifs is 1. The van der Waals surface area contributed by atoms with Crippen molar-refractivity contribution in [2.75, 3.05) is 6.61 Å². The third kappa shape index (κ3) is 5.46. The molecule has 0 atom stereocenters. The van der Waals surface area contributed by atoms with Crippen molar-refractivity contribution in [3.05, 3.63) is 29.0 Å². The predicted molar refractivity (Wildman–Crippen MR) is 86.9 cm³/mol. The van der Waals surface area contributed by atoms with Crippen LogP contribution < -0.4 is 15.8 Å². The highest BCUT2D eigenvalue weighted by Gasteiger charge is 2.59. The van der Waals surface area contributed by atoms with Crippen molar-refractivity contribution < 1.29 is 37.0 Å². The summed E-state index contributed by atoms with van der Waals surface area (Å²) in [5.41, 5.74) is 5.85. The van der Waals surface area contributed by atoms with Crippen LogP contribution in [0.3, 0.4) is 0 Å². The van der Waals surface area contributed by atoms with Crippen LogP contribution in [0.25, 0.3) is 0 Å². The Morgan fingerprint density at radius 2 is 1.89 bits per heavy atom. The lowest BCUT2D eigenvalue weighted by molar-refractivity contribution is -0.192. The lowest BCUT2D eigenvalue weighted by Gasteiger charge is -2.45. The number of carbonyl (C=O) groups excluding carboxylic acids is 1. The first-order chi connectivity index (χ1) is 12.3. The fourth-order valence-corrected chi connectivity index (χ4v) is 3.45. The van der Waals surface area contributed by atoms with E-state index in [2.05, 4.69) is 5.32 Å². The van der Waals surface area contributed by atoms with Crippen LogP contribution in [-0.4, -0.2) is 40.8 Å². The molecule has 4 N–H and O–H groups in total. The zero-order valence-corrected chi connectivity index (χ0v) is 14.7. The van der Waals surface area contributed by atoms with Crippen molar-refractivity contribution in [3.63, 3.8) is 0 Å². The number of hydrogen-bond acceptors (Lipinski definition) is 4. The molecule has 0 radical (unpaired) electrons. The number of carbonyl (C=O) groups is 2. The summed E-state index contributed by atoms with van der Waals surface area (Å²) in [7, 11) is 0. The first kappa shape index (κ1) is 21.2. The number of aliphatic carboxylic acids is 1. The Morgan fingerprint density at radius 1 is 1.30 bits per heavy atom. The lowest BCUT2D eigenvalue weighted by Crippen LogP contribution is -2.62. The van der Waals surface area contributed by atoms with Gasteiger partial charge >= 0.3 is 12.1 Å². The van der Waals surface area contributed by atoms with Crippen molar-refractivity contribution >= 4 is 23.5 Å². The number of hydrogen-bond donors (Lipinski definition) is 3. The van der Waals surface area contributed by atoms with E-state index in [1.54, 1.807) is 0 Å². The number of nitrogens with two attached hydrogens (primary N) is 1. The topological polar surface area (TPSA) is 102 Å². The third-order valence-electron chi connectivity index (χ3n) is 4.39. The smallest absolute Gasteiger partial charge is 0.484 e. The molecule has 1 amide bonds. The number of ether oxygens (including phenoxy) is 1. The van der Waals surface area contributed by atoms with Crippen molar-refractivity contribution in [1.29, 1.82) is 0 Å². The number of alkyl halides is 3. The van der Waals surface area contributed by atoms with Gasteiger partial charge in [-0.15, -0.1) is 0 Å². The molecule has 3 aliphatic carbocycles. The van der Waals surface area contributed by atoms with Gasteiger partial charge in [-0.25, -0.2) is 9.18 Å². The van der Waals surface area contributed by atoms with E-state index in [1.807, 2.05) is 0 Å². The Kier molecular flexibility index (Phi) is 5.91. The highest BCUT2D eigenvalue weighted by molar-refractivity contribution is 6.30. The molecule has 0 saturated heterocycles.